The first-order valence-corrected chi connectivity index (χ1v) is 6.36. The molecular weight excluding hydrogens is 230 g/mol. The summed E-state index contributed by atoms with van der Waals surface area (Å²) in [5, 5.41) is 9.01. The van der Waals surface area contributed by atoms with Crippen molar-refractivity contribution in [2.75, 3.05) is 12.3 Å². The second kappa shape index (κ2) is 5.25. The summed E-state index contributed by atoms with van der Waals surface area (Å²) in [5.74, 6) is 0.603. The Hall–Kier alpha value is -1.78. The Morgan fingerprint density at radius 2 is 2.39 bits per heavy atom. The van der Waals surface area contributed by atoms with E-state index in [4.69, 9.17) is 10.8 Å². The molecule has 0 spiro atoms. The number of rotatable bonds is 3. The molecular formula is C13H19N3O2. The van der Waals surface area contributed by atoms with Gasteiger partial charge in [0.25, 0.3) is 0 Å². The summed E-state index contributed by atoms with van der Waals surface area (Å²) in [4.78, 5) is 16.8. The molecule has 18 heavy (non-hydrogen) atoms. The van der Waals surface area contributed by atoms with E-state index in [0.717, 1.165) is 36.1 Å². The molecule has 0 atom stereocenters. The highest BCUT2D eigenvalue weighted by Gasteiger charge is 2.22. The van der Waals surface area contributed by atoms with Crippen LogP contribution in [-0.4, -0.2) is 27.6 Å². The summed E-state index contributed by atoms with van der Waals surface area (Å²) < 4.78 is 0. The predicted molar refractivity (Wildman–Crippen MR) is 69.4 cm³/mol. The maximum absolute atomic E-state index is 11.0. The summed E-state index contributed by atoms with van der Waals surface area (Å²) in [6.07, 6.45) is 2.88. The zero-order valence-electron chi connectivity index (χ0n) is 10.6. The first kappa shape index (κ1) is 12.7. The Bertz CT molecular complexity index is 460. The van der Waals surface area contributed by atoms with Gasteiger partial charge in [-0.15, -0.1) is 0 Å². The maximum Gasteiger partial charge on any atom is 0.407 e. The molecule has 0 fully saturated rings. The minimum Gasteiger partial charge on any atom is -0.465 e. The standard InChI is InChI=1S/C13H19N3O2/c1-2-3-4-9-7-10-8-16(13(17)18)6-5-11(10)15-12(9)14/h7H,2-6,8H2,1H3,(H2,14,15)(H,17,18). The first-order chi connectivity index (χ1) is 8.61. The minimum absolute atomic E-state index is 0.428. The number of fused-ring (bicyclic) bond motifs is 1. The first-order valence-electron chi connectivity index (χ1n) is 6.36. The highest BCUT2D eigenvalue weighted by atomic mass is 16.4. The zero-order chi connectivity index (χ0) is 13.1. The van der Waals surface area contributed by atoms with Gasteiger partial charge in [0.2, 0.25) is 0 Å². The Morgan fingerprint density at radius 3 is 3.06 bits per heavy atom. The average molecular weight is 249 g/mol. The molecule has 1 aromatic rings. The van der Waals surface area contributed by atoms with Gasteiger partial charge in [-0.05, 0) is 30.0 Å². The van der Waals surface area contributed by atoms with Gasteiger partial charge in [-0.25, -0.2) is 9.78 Å². The fraction of sp³-hybridized carbons (Fsp3) is 0.538. The molecule has 1 aliphatic heterocycles. The molecule has 0 radical (unpaired) electrons. The van der Waals surface area contributed by atoms with Crippen molar-refractivity contribution in [2.45, 2.75) is 39.2 Å². The van der Waals surface area contributed by atoms with E-state index in [1.165, 1.54) is 4.90 Å². The fourth-order valence-corrected chi connectivity index (χ4v) is 2.27. The van der Waals surface area contributed by atoms with Gasteiger partial charge in [-0.2, -0.15) is 0 Å². The molecule has 0 aromatic carbocycles. The lowest BCUT2D eigenvalue weighted by atomic mass is 10.0. The van der Waals surface area contributed by atoms with E-state index in [1.54, 1.807) is 0 Å². The molecule has 5 heteroatoms. The third-order valence-corrected chi connectivity index (χ3v) is 3.35. The summed E-state index contributed by atoms with van der Waals surface area (Å²) in [5.41, 5.74) is 8.94. The van der Waals surface area contributed by atoms with E-state index in [1.807, 2.05) is 6.07 Å². The number of nitrogens with two attached hydrogens (primary N) is 1. The van der Waals surface area contributed by atoms with Crippen molar-refractivity contribution >= 4 is 11.9 Å². The number of unbranched alkanes of at least 4 members (excludes halogenated alkanes) is 1. The van der Waals surface area contributed by atoms with Crippen molar-refractivity contribution in [1.29, 1.82) is 0 Å². The molecule has 1 aliphatic rings. The summed E-state index contributed by atoms with van der Waals surface area (Å²) in [6, 6.07) is 2.03. The number of aryl methyl sites for hydroxylation is 1. The molecule has 5 nitrogen and oxygen atoms in total. The van der Waals surface area contributed by atoms with Crippen LogP contribution in [0.2, 0.25) is 0 Å². The monoisotopic (exact) mass is 249 g/mol. The van der Waals surface area contributed by atoms with Gasteiger partial charge in [0.15, 0.2) is 0 Å². The third-order valence-electron chi connectivity index (χ3n) is 3.35. The molecule has 1 amide bonds. The topological polar surface area (TPSA) is 79.5 Å². The van der Waals surface area contributed by atoms with E-state index in [0.29, 0.717) is 25.3 Å². The molecule has 0 aliphatic carbocycles. The molecule has 2 heterocycles. The quantitative estimate of drug-likeness (QED) is 0.859. The van der Waals surface area contributed by atoms with Crippen molar-refractivity contribution in [3.05, 3.63) is 22.9 Å². The Morgan fingerprint density at radius 1 is 1.61 bits per heavy atom. The highest BCUT2D eigenvalue weighted by molar-refractivity contribution is 5.65. The Kier molecular flexibility index (Phi) is 3.69. The molecule has 0 bridgehead atoms. The van der Waals surface area contributed by atoms with Gasteiger partial charge >= 0.3 is 6.09 Å². The van der Waals surface area contributed by atoms with Crippen LogP contribution in [0, 0.1) is 0 Å². The highest BCUT2D eigenvalue weighted by Crippen LogP contribution is 2.23. The molecule has 2 rings (SSSR count). The summed E-state index contributed by atoms with van der Waals surface area (Å²) in [7, 11) is 0. The lowest BCUT2D eigenvalue weighted by Crippen LogP contribution is -2.35. The van der Waals surface area contributed by atoms with Crippen molar-refractivity contribution < 1.29 is 9.90 Å². The number of carbonyl (C=O) groups is 1. The van der Waals surface area contributed by atoms with E-state index in [-0.39, 0.29) is 0 Å². The number of pyridine rings is 1. The molecule has 0 unspecified atom stereocenters. The van der Waals surface area contributed by atoms with E-state index in [2.05, 4.69) is 11.9 Å². The maximum atomic E-state index is 11.0. The SMILES string of the molecule is CCCCc1cc2c(nc1N)CCN(C(=O)O)C2. The molecule has 0 saturated carbocycles. The smallest absolute Gasteiger partial charge is 0.407 e. The van der Waals surface area contributed by atoms with Crippen LogP contribution in [0.1, 0.15) is 36.6 Å². The zero-order valence-corrected chi connectivity index (χ0v) is 10.6. The van der Waals surface area contributed by atoms with E-state index < -0.39 is 6.09 Å². The van der Waals surface area contributed by atoms with E-state index in [9.17, 15) is 4.79 Å². The Labute approximate surface area is 107 Å². The van der Waals surface area contributed by atoms with Crippen LogP contribution in [0.3, 0.4) is 0 Å². The number of anilines is 1. The van der Waals surface area contributed by atoms with Crippen LogP contribution in [0.4, 0.5) is 10.6 Å². The molecule has 3 N–H and O–H groups in total. The van der Waals surface area contributed by atoms with E-state index >= 15 is 0 Å². The van der Waals surface area contributed by atoms with Crippen molar-refractivity contribution in [1.82, 2.24) is 9.88 Å². The Balaban J connectivity index is 2.23. The fourth-order valence-electron chi connectivity index (χ4n) is 2.27. The number of carboxylic acid groups (broad SMARTS) is 1. The lowest BCUT2D eigenvalue weighted by molar-refractivity contribution is 0.139. The molecule has 0 saturated heterocycles. The number of hydrogen-bond acceptors (Lipinski definition) is 3. The number of nitrogen functional groups attached to an aromatic ring is 1. The largest absolute Gasteiger partial charge is 0.465 e. The molecule has 98 valence electrons. The summed E-state index contributed by atoms with van der Waals surface area (Å²) >= 11 is 0. The summed E-state index contributed by atoms with van der Waals surface area (Å²) in [6.45, 7) is 3.06. The van der Waals surface area contributed by atoms with Gasteiger partial charge in [0.05, 0.1) is 6.54 Å². The normalized spacial score (nSPS) is 14.4. The van der Waals surface area contributed by atoms with Crippen LogP contribution < -0.4 is 5.73 Å². The van der Waals surface area contributed by atoms with Crippen molar-refractivity contribution in [3.63, 3.8) is 0 Å². The number of hydrogen-bond donors (Lipinski definition) is 2. The van der Waals surface area contributed by atoms with Gasteiger partial charge in [-0.1, -0.05) is 13.3 Å². The van der Waals surface area contributed by atoms with Crippen LogP contribution in [-0.2, 0) is 19.4 Å². The second-order valence-electron chi connectivity index (χ2n) is 4.70. The van der Waals surface area contributed by atoms with Crippen molar-refractivity contribution in [3.8, 4) is 0 Å². The van der Waals surface area contributed by atoms with Crippen LogP contribution in [0.5, 0.6) is 0 Å². The average Bonchev–Trinajstić information content (AvgIpc) is 2.35. The third kappa shape index (κ3) is 2.55. The van der Waals surface area contributed by atoms with Gasteiger partial charge in [0.1, 0.15) is 5.82 Å². The number of nitrogens with zero attached hydrogens (tertiary/aromatic N) is 2. The van der Waals surface area contributed by atoms with Crippen LogP contribution in [0.15, 0.2) is 6.07 Å². The van der Waals surface area contributed by atoms with Crippen LogP contribution in [0.25, 0.3) is 0 Å². The molecule has 1 aromatic heterocycles. The van der Waals surface area contributed by atoms with Gasteiger partial charge < -0.3 is 15.7 Å². The lowest BCUT2D eigenvalue weighted by Gasteiger charge is -2.26. The second-order valence-corrected chi connectivity index (χ2v) is 4.70. The van der Waals surface area contributed by atoms with Gasteiger partial charge in [-0.3, -0.25) is 0 Å². The van der Waals surface area contributed by atoms with Crippen molar-refractivity contribution in [2.24, 2.45) is 0 Å². The predicted octanol–water partition coefficient (Wildman–Crippen LogP) is 2.04. The minimum atomic E-state index is -0.868. The number of aromatic nitrogens is 1. The number of amides is 1. The van der Waals surface area contributed by atoms with Crippen LogP contribution >= 0.6 is 0 Å². The van der Waals surface area contributed by atoms with Gasteiger partial charge in [0, 0.05) is 18.7 Å².